The maximum absolute atomic E-state index is 9.29. The van der Waals surface area contributed by atoms with Gasteiger partial charge in [0.2, 0.25) is 0 Å². The largest absolute Gasteiger partial charge is 0.493 e. The number of aliphatic hydroxyl groups is 1. The minimum atomic E-state index is -0.100. The van der Waals surface area contributed by atoms with E-state index >= 15 is 0 Å². The zero-order valence-electron chi connectivity index (χ0n) is 12.1. The highest BCUT2D eigenvalue weighted by molar-refractivity contribution is 5.29. The van der Waals surface area contributed by atoms with E-state index < -0.39 is 0 Å². The second-order valence-electron chi connectivity index (χ2n) is 5.98. The van der Waals surface area contributed by atoms with Crippen molar-refractivity contribution in [3.8, 4) is 5.75 Å². The molecule has 1 atom stereocenters. The molecule has 1 unspecified atom stereocenters. The summed E-state index contributed by atoms with van der Waals surface area (Å²) in [5.41, 5.74) is 1.26. The molecule has 0 aliphatic heterocycles. The number of benzene rings is 1. The lowest BCUT2D eigenvalue weighted by atomic mass is 9.88. The fraction of sp³-hybridized carbons (Fsp3) is 0.625. The summed E-state index contributed by atoms with van der Waals surface area (Å²) in [6.45, 7) is 7.21. The first-order valence-electron chi connectivity index (χ1n) is 7.21. The van der Waals surface area contributed by atoms with Crippen molar-refractivity contribution in [2.24, 2.45) is 5.92 Å². The third kappa shape index (κ3) is 4.22. The van der Waals surface area contributed by atoms with Crippen LogP contribution in [0.4, 0.5) is 0 Å². The van der Waals surface area contributed by atoms with Crippen molar-refractivity contribution in [3.05, 3.63) is 29.8 Å². The van der Waals surface area contributed by atoms with Crippen LogP contribution in [0.1, 0.15) is 45.2 Å². The standard InChI is InChI=1S/C16H25NO2/c1-11(2)10-19-16-6-4-13(5-7-16)12(3)17-14-8-15(18)9-14/h4-7,11-12,14-15,17-18H,8-10H2,1-3H3. The normalized spacial score (nSPS) is 24.1. The number of ether oxygens (including phenoxy) is 1. The van der Waals surface area contributed by atoms with Crippen LogP contribution in [0.5, 0.6) is 5.75 Å². The van der Waals surface area contributed by atoms with Gasteiger partial charge in [0, 0.05) is 12.1 Å². The van der Waals surface area contributed by atoms with Gasteiger partial charge >= 0.3 is 0 Å². The van der Waals surface area contributed by atoms with Crippen LogP contribution in [-0.4, -0.2) is 23.9 Å². The van der Waals surface area contributed by atoms with Crippen molar-refractivity contribution in [1.29, 1.82) is 0 Å². The molecule has 106 valence electrons. The molecule has 0 bridgehead atoms. The SMILES string of the molecule is CC(C)COc1ccc(C(C)NC2CC(O)C2)cc1. The summed E-state index contributed by atoms with van der Waals surface area (Å²) >= 11 is 0. The van der Waals surface area contributed by atoms with Crippen LogP contribution in [0.25, 0.3) is 0 Å². The minimum Gasteiger partial charge on any atom is -0.493 e. The fourth-order valence-electron chi connectivity index (χ4n) is 2.29. The molecule has 1 aliphatic carbocycles. The quantitative estimate of drug-likeness (QED) is 0.829. The summed E-state index contributed by atoms with van der Waals surface area (Å²) in [4.78, 5) is 0. The Morgan fingerprint density at radius 3 is 2.37 bits per heavy atom. The molecule has 0 radical (unpaired) electrons. The lowest BCUT2D eigenvalue weighted by molar-refractivity contribution is 0.0586. The van der Waals surface area contributed by atoms with Crippen molar-refractivity contribution in [2.45, 2.75) is 51.8 Å². The van der Waals surface area contributed by atoms with Gasteiger partial charge in [-0.15, -0.1) is 0 Å². The average molecular weight is 263 g/mol. The van der Waals surface area contributed by atoms with Crippen molar-refractivity contribution in [2.75, 3.05) is 6.61 Å². The molecular weight excluding hydrogens is 238 g/mol. The predicted molar refractivity (Wildman–Crippen MR) is 77.4 cm³/mol. The zero-order valence-corrected chi connectivity index (χ0v) is 12.1. The van der Waals surface area contributed by atoms with Gasteiger partial charge in [-0.05, 0) is 43.4 Å². The first kappa shape index (κ1) is 14.4. The summed E-state index contributed by atoms with van der Waals surface area (Å²) in [6, 6.07) is 9.07. The smallest absolute Gasteiger partial charge is 0.119 e. The van der Waals surface area contributed by atoms with Crippen molar-refractivity contribution >= 4 is 0 Å². The van der Waals surface area contributed by atoms with Crippen LogP contribution < -0.4 is 10.1 Å². The second kappa shape index (κ2) is 6.40. The van der Waals surface area contributed by atoms with Gasteiger partial charge in [0.05, 0.1) is 12.7 Å². The van der Waals surface area contributed by atoms with E-state index in [0.29, 0.717) is 18.0 Å². The van der Waals surface area contributed by atoms with Gasteiger partial charge in [-0.25, -0.2) is 0 Å². The van der Waals surface area contributed by atoms with Crippen LogP contribution in [0.2, 0.25) is 0 Å². The third-order valence-corrected chi connectivity index (χ3v) is 3.56. The molecule has 1 aliphatic rings. The van der Waals surface area contributed by atoms with Gasteiger partial charge < -0.3 is 15.2 Å². The Labute approximate surface area is 116 Å². The highest BCUT2D eigenvalue weighted by atomic mass is 16.5. The Morgan fingerprint density at radius 2 is 1.84 bits per heavy atom. The van der Waals surface area contributed by atoms with E-state index in [1.165, 1.54) is 5.56 Å². The highest BCUT2D eigenvalue weighted by Gasteiger charge is 2.28. The van der Waals surface area contributed by atoms with E-state index in [0.717, 1.165) is 25.2 Å². The van der Waals surface area contributed by atoms with Crippen LogP contribution in [-0.2, 0) is 0 Å². The molecule has 1 aromatic carbocycles. The highest BCUT2D eigenvalue weighted by Crippen LogP contribution is 2.24. The summed E-state index contributed by atoms with van der Waals surface area (Å²) in [6.07, 6.45) is 1.65. The summed E-state index contributed by atoms with van der Waals surface area (Å²) in [5.74, 6) is 1.48. The number of rotatable bonds is 6. The van der Waals surface area contributed by atoms with E-state index in [-0.39, 0.29) is 6.10 Å². The number of aliphatic hydroxyl groups excluding tert-OH is 1. The number of hydrogen-bond donors (Lipinski definition) is 2. The maximum Gasteiger partial charge on any atom is 0.119 e. The third-order valence-electron chi connectivity index (χ3n) is 3.56. The van der Waals surface area contributed by atoms with E-state index in [4.69, 9.17) is 4.74 Å². The van der Waals surface area contributed by atoms with Crippen molar-refractivity contribution in [1.82, 2.24) is 5.32 Å². The monoisotopic (exact) mass is 263 g/mol. The van der Waals surface area contributed by atoms with Gasteiger partial charge in [0.25, 0.3) is 0 Å². The Bertz CT molecular complexity index is 382. The van der Waals surface area contributed by atoms with Crippen LogP contribution in [0.15, 0.2) is 24.3 Å². The first-order valence-corrected chi connectivity index (χ1v) is 7.21. The molecule has 1 fully saturated rings. The van der Waals surface area contributed by atoms with E-state index in [1.54, 1.807) is 0 Å². The van der Waals surface area contributed by atoms with Crippen LogP contribution in [0.3, 0.4) is 0 Å². The molecule has 1 aromatic rings. The van der Waals surface area contributed by atoms with Gasteiger partial charge in [-0.3, -0.25) is 0 Å². The summed E-state index contributed by atoms with van der Waals surface area (Å²) in [7, 11) is 0. The summed E-state index contributed by atoms with van der Waals surface area (Å²) in [5, 5.41) is 12.8. The molecule has 0 heterocycles. The molecule has 2 N–H and O–H groups in total. The Hall–Kier alpha value is -1.06. The second-order valence-corrected chi connectivity index (χ2v) is 5.98. The Balaban J connectivity index is 1.83. The molecule has 0 amide bonds. The van der Waals surface area contributed by atoms with Gasteiger partial charge in [-0.2, -0.15) is 0 Å². The van der Waals surface area contributed by atoms with Crippen LogP contribution in [0, 0.1) is 5.92 Å². The molecule has 0 spiro atoms. The molecule has 1 saturated carbocycles. The van der Waals surface area contributed by atoms with Crippen molar-refractivity contribution in [3.63, 3.8) is 0 Å². The van der Waals surface area contributed by atoms with E-state index in [1.807, 2.05) is 12.1 Å². The Morgan fingerprint density at radius 1 is 1.21 bits per heavy atom. The molecule has 0 aromatic heterocycles. The molecule has 3 nitrogen and oxygen atoms in total. The molecule has 3 heteroatoms. The Kier molecular flexibility index (Phi) is 4.83. The summed E-state index contributed by atoms with van der Waals surface area (Å²) < 4.78 is 5.68. The molecule has 2 rings (SSSR count). The van der Waals surface area contributed by atoms with Gasteiger partial charge in [0.1, 0.15) is 5.75 Å². The average Bonchev–Trinajstić information content (AvgIpc) is 2.35. The van der Waals surface area contributed by atoms with Crippen LogP contribution >= 0.6 is 0 Å². The zero-order chi connectivity index (χ0) is 13.8. The lowest BCUT2D eigenvalue weighted by Gasteiger charge is -2.34. The molecule has 0 saturated heterocycles. The van der Waals surface area contributed by atoms with Crippen molar-refractivity contribution < 1.29 is 9.84 Å². The number of nitrogens with one attached hydrogen (secondary N) is 1. The van der Waals surface area contributed by atoms with E-state index in [2.05, 4.69) is 38.2 Å². The molecule has 19 heavy (non-hydrogen) atoms. The van der Waals surface area contributed by atoms with E-state index in [9.17, 15) is 5.11 Å². The topological polar surface area (TPSA) is 41.5 Å². The van der Waals surface area contributed by atoms with Gasteiger partial charge in [-0.1, -0.05) is 26.0 Å². The fourth-order valence-corrected chi connectivity index (χ4v) is 2.29. The number of hydrogen-bond acceptors (Lipinski definition) is 3. The predicted octanol–water partition coefficient (Wildman–Crippen LogP) is 2.90. The maximum atomic E-state index is 9.29. The minimum absolute atomic E-state index is 0.100. The van der Waals surface area contributed by atoms with Gasteiger partial charge in [0.15, 0.2) is 0 Å². The first-order chi connectivity index (χ1) is 9.04. The lowest BCUT2D eigenvalue weighted by Crippen LogP contribution is -2.44. The molecular formula is C16H25NO2.